The van der Waals surface area contributed by atoms with Gasteiger partial charge in [0.1, 0.15) is 11.6 Å². The van der Waals surface area contributed by atoms with Crippen LogP contribution in [0, 0.1) is 18.6 Å². The van der Waals surface area contributed by atoms with Gasteiger partial charge in [-0.3, -0.25) is 4.79 Å². The number of benzene rings is 1. The second-order valence-corrected chi connectivity index (χ2v) is 4.15. The minimum absolute atomic E-state index is 0.233. The number of carbonyl (C=O) groups excluding carboxylic acids is 1. The summed E-state index contributed by atoms with van der Waals surface area (Å²) in [5.74, 6) is -2.39. The zero-order valence-corrected chi connectivity index (χ0v) is 9.60. The van der Waals surface area contributed by atoms with Crippen LogP contribution in [-0.2, 0) is 0 Å². The van der Waals surface area contributed by atoms with Gasteiger partial charge < -0.3 is 5.73 Å². The van der Waals surface area contributed by atoms with Crippen LogP contribution >= 0.6 is 0 Å². The Labute approximate surface area is 93.5 Å². The number of nitrogens with two attached hydrogens (primary N) is 1. The SMILES string of the molecule is CCC(C)(N)C(=O)c1c(F)ccc(C)c1F. The highest BCUT2D eigenvalue weighted by Gasteiger charge is 2.32. The van der Waals surface area contributed by atoms with Gasteiger partial charge in [0.2, 0.25) is 0 Å². The Morgan fingerprint density at radius 3 is 2.50 bits per heavy atom. The topological polar surface area (TPSA) is 43.1 Å². The predicted molar refractivity (Wildman–Crippen MR) is 58.3 cm³/mol. The summed E-state index contributed by atoms with van der Waals surface area (Å²) in [6.45, 7) is 4.64. The van der Waals surface area contributed by atoms with Gasteiger partial charge in [0, 0.05) is 0 Å². The first-order chi connectivity index (χ1) is 7.31. The Morgan fingerprint density at radius 2 is 2.00 bits per heavy atom. The summed E-state index contributed by atoms with van der Waals surface area (Å²) in [5, 5.41) is 0. The molecular formula is C12H15F2NO. The van der Waals surface area contributed by atoms with E-state index in [-0.39, 0.29) is 5.56 Å². The van der Waals surface area contributed by atoms with Gasteiger partial charge in [0.25, 0.3) is 0 Å². The maximum atomic E-state index is 13.7. The van der Waals surface area contributed by atoms with E-state index in [1.165, 1.54) is 19.9 Å². The lowest BCUT2D eigenvalue weighted by atomic mass is 9.88. The van der Waals surface area contributed by atoms with Gasteiger partial charge in [-0.2, -0.15) is 0 Å². The number of Topliss-reactive ketones (excluding diaryl/α,β-unsaturated/α-hetero) is 1. The molecule has 0 bridgehead atoms. The van der Waals surface area contributed by atoms with E-state index in [1.807, 2.05) is 0 Å². The van der Waals surface area contributed by atoms with Crippen molar-refractivity contribution >= 4 is 5.78 Å². The molecule has 2 nitrogen and oxygen atoms in total. The summed E-state index contributed by atoms with van der Waals surface area (Å²) < 4.78 is 27.1. The molecule has 16 heavy (non-hydrogen) atoms. The molecule has 0 saturated heterocycles. The molecule has 0 heterocycles. The van der Waals surface area contributed by atoms with Gasteiger partial charge in [-0.15, -0.1) is 0 Å². The first kappa shape index (κ1) is 12.8. The summed E-state index contributed by atoms with van der Waals surface area (Å²) in [6.07, 6.45) is 0.318. The molecule has 0 aliphatic carbocycles. The van der Waals surface area contributed by atoms with Crippen LogP contribution in [0.4, 0.5) is 8.78 Å². The molecule has 0 aliphatic rings. The van der Waals surface area contributed by atoms with Crippen LogP contribution in [0.25, 0.3) is 0 Å². The van der Waals surface area contributed by atoms with Crippen LogP contribution in [0.3, 0.4) is 0 Å². The number of halogens is 2. The molecule has 0 aliphatic heterocycles. The van der Waals surface area contributed by atoms with Crippen LogP contribution in [0.1, 0.15) is 36.2 Å². The lowest BCUT2D eigenvalue weighted by Crippen LogP contribution is -2.45. The summed E-state index contributed by atoms with van der Waals surface area (Å²) in [4.78, 5) is 11.9. The Hall–Kier alpha value is -1.29. The predicted octanol–water partition coefficient (Wildman–Crippen LogP) is 2.58. The fourth-order valence-electron chi connectivity index (χ4n) is 1.31. The Balaban J connectivity index is 3.34. The molecule has 2 N–H and O–H groups in total. The third-order valence-corrected chi connectivity index (χ3v) is 2.76. The Kier molecular flexibility index (Phi) is 3.43. The van der Waals surface area contributed by atoms with Crippen LogP contribution in [0.5, 0.6) is 0 Å². The van der Waals surface area contributed by atoms with Crippen LogP contribution < -0.4 is 5.73 Å². The van der Waals surface area contributed by atoms with Crippen molar-refractivity contribution in [2.24, 2.45) is 5.73 Å². The smallest absolute Gasteiger partial charge is 0.188 e. The minimum atomic E-state index is -1.24. The quantitative estimate of drug-likeness (QED) is 0.806. The molecule has 1 rings (SSSR count). The van der Waals surface area contributed by atoms with Gasteiger partial charge in [-0.25, -0.2) is 8.78 Å². The molecule has 0 aromatic heterocycles. The van der Waals surface area contributed by atoms with Crippen molar-refractivity contribution in [1.82, 2.24) is 0 Å². The van der Waals surface area contributed by atoms with Crippen LogP contribution in [-0.4, -0.2) is 11.3 Å². The zero-order chi connectivity index (χ0) is 12.5. The number of rotatable bonds is 3. The van der Waals surface area contributed by atoms with Crippen molar-refractivity contribution in [3.63, 3.8) is 0 Å². The monoisotopic (exact) mass is 227 g/mol. The average Bonchev–Trinajstić information content (AvgIpc) is 2.24. The second kappa shape index (κ2) is 4.29. The molecule has 88 valence electrons. The lowest BCUT2D eigenvalue weighted by molar-refractivity contribution is 0.0888. The van der Waals surface area contributed by atoms with E-state index in [1.54, 1.807) is 6.92 Å². The Bertz CT molecular complexity index is 427. The highest BCUT2D eigenvalue weighted by atomic mass is 19.1. The number of hydrogen-bond acceptors (Lipinski definition) is 2. The van der Waals surface area contributed by atoms with E-state index in [0.29, 0.717) is 6.42 Å². The lowest BCUT2D eigenvalue weighted by Gasteiger charge is -2.21. The van der Waals surface area contributed by atoms with Gasteiger partial charge >= 0.3 is 0 Å². The van der Waals surface area contributed by atoms with E-state index in [2.05, 4.69) is 0 Å². The third-order valence-electron chi connectivity index (χ3n) is 2.76. The number of aryl methyl sites for hydroxylation is 1. The van der Waals surface area contributed by atoms with Gasteiger partial charge in [-0.1, -0.05) is 13.0 Å². The molecule has 1 unspecified atom stereocenters. The van der Waals surface area contributed by atoms with E-state index in [0.717, 1.165) is 6.07 Å². The van der Waals surface area contributed by atoms with Crippen LogP contribution in [0.2, 0.25) is 0 Å². The molecule has 1 aromatic rings. The molecule has 1 aromatic carbocycles. The second-order valence-electron chi connectivity index (χ2n) is 4.15. The fraction of sp³-hybridized carbons (Fsp3) is 0.417. The highest BCUT2D eigenvalue weighted by molar-refractivity contribution is 6.03. The third kappa shape index (κ3) is 2.11. The van der Waals surface area contributed by atoms with Crippen LogP contribution in [0.15, 0.2) is 12.1 Å². The van der Waals surface area contributed by atoms with Gasteiger partial charge in [0.05, 0.1) is 11.1 Å². The first-order valence-electron chi connectivity index (χ1n) is 5.09. The minimum Gasteiger partial charge on any atom is -0.319 e. The molecule has 0 radical (unpaired) electrons. The van der Waals surface area contributed by atoms with E-state index in [4.69, 9.17) is 5.73 Å². The first-order valence-corrected chi connectivity index (χ1v) is 5.09. The van der Waals surface area contributed by atoms with E-state index >= 15 is 0 Å². The molecule has 0 fully saturated rings. The number of ketones is 1. The maximum Gasteiger partial charge on any atom is 0.188 e. The van der Waals surface area contributed by atoms with Crippen molar-refractivity contribution in [2.75, 3.05) is 0 Å². The fourth-order valence-corrected chi connectivity index (χ4v) is 1.31. The zero-order valence-electron chi connectivity index (χ0n) is 9.60. The van der Waals surface area contributed by atoms with Crippen molar-refractivity contribution in [3.8, 4) is 0 Å². The molecule has 0 spiro atoms. The number of carbonyl (C=O) groups is 1. The summed E-state index contributed by atoms with van der Waals surface area (Å²) >= 11 is 0. The maximum absolute atomic E-state index is 13.7. The molecule has 0 saturated carbocycles. The largest absolute Gasteiger partial charge is 0.319 e. The Morgan fingerprint density at radius 1 is 1.44 bits per heavy atom. The van der Waals surface area contributed by atoms with Gasteiger partial charge in [0.15, 0.2) is 5.78 Å². The number of hydrogen-bond donors (Lipinski definition) is 1. The van der Waals surface area contributed by atoms with Gasteiger partial charge in [-0.05, 0) is 31.9 Å². The summed E-state index contributed by atoms with van der Waals surface area (Å²) in [7, 11) is 0. The van der Waals surface area contributed by atoms with Crippen molar-refractivity contribution in [3.05, 3.63) is 34.9 Å². The molecule has 4 heteroatoms. The van der Waals surface area contributed by atoms with E-state index in [9.17, 15) is 13.6 Å². The summed E-state index contributed by atoms with van der Waals surface area (Å²) in [5.41, 5.74) is 4.15. The summed E-state index contributed by atoms with van der Waals surface area (Å²) in [6, 6.07) is 2.37. The molecular weight excluding hydrogens is 212 g/mol. The molecule has 0 amide bonds. The molecule has 1 atom stereocenters. The average molecular weight is 227 g/mol. The van der Waals surface area contributed by atoms with Crippen molar-refractivity contribution < 1.29 is 13.6 Å². The van der Waals surface area contributed by atoms with Crippen molar-refractivity contribution in [2.45, 2.75) is 32.7 Å². The highest BCUT2D eigenvalue weighted by Crippen LogP contribution is 2.22. The van der Waals surface area contributed by atoms with Crippen molar-refractivity contribution in [1.29, 1.82) is 0 Å². The van der Waals surface area contributed by atoms with E-state index < -0.39 is 28.5 Å². The standard InChI is InChI=1S/C12H15F2NO/c1-4-12(3,15)11(16)9-8(13)6-5-7(2)10(9)14/h5-6H,4,15H2,1-3H3. The normalized spacial score (nSPS) is 14.6.